The fourth-order valence-electron chi connectivity index (χ4n) is 1.69. The van der Waals surface area contributed by atoms with Crippen LogP contribution in [-0.4, -0.2) is 35.6 Å². The Morgan fingerprint density at radius 3 is 2.50 bits per heavy atom. The molecule has 4 heteroatoms. The highest BCUT2D eigenvalue weighted by atomic mass is 35.5. The van der Waals surface area contributed by atoms with Crippen LogP contribution in [0.1, 0.15) is 19.8 Å². The van der Waals surface area contributed by atoms with Gasteiger partial charge in [-0.1, -0.05) is 13.3 Å². The topological polar surface area (TPSA) is 40.5 Å². The van der Waals surface area contributed by atoms with Crippen molar-refractivity contribution in [2.24, 2.45) is 5.92 Å². The molecular weight excluding hydrogens is 178 g/mol. The van der Waals surface area contributed by atoms with Crippen molar-refractivity contribution in [3.8, 4) is 0 Å². The first-order chi connectivity index (χ1) is 5.15. The first-order valence-electron chi connectivity index (χ1n) is 4.08. The average molecular weight is 194 g/mol. The van der Waals surface area contributed by atoms with Gasteiger partial charge in [0, 0.05) is 6.54 Å². The third-order valence-corrected chi connectivity index (χ3v) is 2.50. The summed E-state index contributed by atoms with van der Waals surface area (Å²) in [7, 11) is 1.88. The van der Waals surface area contributed by atoms with E-state index in [1.807, 2.05) is 11.9 Å². The van der Waals surface area contributed by atoms with E-state index >= 15 is 0 Å². The van der Waals surface area contributed by atoms with Gasteiger partial charge in [0.1, 0.15) is 6.04 Å². The molecule has 1 aliphatic rings. The predicted molar refractivity (Wildman–Crippen MR) is 49.7 cm³/mol. The molecule has 2 unspecified atom stereocenters. The fraction of sp³-hybridized carbons (Fsp3) is 0.875. The smallest absolute Gasteiger partial charge is 0.320 e. The summed E-state index contributed by atoms with van der Waals surface area (Å²) in [6.07, 6.45) is 1.91. The zero-order chi connectivity index (χ0) is 8.43. The van der Waals surface area contributed by atoms with E-state index in [9.17, 15) is 4.79 Å². The summed E-state index contributed by atoms with van der Waals surface area (Å²) in [6.45, 7) is 3.05. The Kier molecular flexibility index (Phi) is 4.57. The summed E-state index contributed by atoms with van der Waals surface area (Å²) in [4.78, 5) is 12.6. The Hall–Kier alpha value is -0.280. The van der Waals surface area contributed by atoms with Gasteiger partial charge in [-0.3, -0.25) is 9.69 Å². The van der Waals surface area contributed by atoms with Crippen molar-refractivity contribution >= 4 is 18.4 Å². The second kappa shape index (κ2) is 4.67. The van der Waals surface area contributed by atoms with Crippen molar-refractivity contribution in [3.63, 3.8) is 0 Å². The molecule has 1 saturated heterocycles. The minimum atomic E-state index is -0.677. The average Bonchev–Trinajstić information content (AvgIpc) is 2.30. The third kappa shape index (κ3) is 2.35. The first-order valence-corrected chi connectivity index (χ1v) is 4.08. The van der Waals surface area contributed by atoms with E-state index in [0.29, 0.717) is 5.92 Å². The lowest BCUT2D eigenvalue weighted by Gasteiger charge is -2.13. The molecule has 0 aliphatic carbocycles. The third-order valence-electron chi connectivity index (χ3n) is 2.50. The van der Waals surface area contributed by atoms with Gasteiger partial charge in [0.05, 0.1) is 0 Å². The molecule has 0 radical (unpaired) electrons. The van der Waals surface area contributed by atoms with Crippen molar-refractivity contribution in [3.05, 3.63) is 0 Å². The number of halogens is 1. The molecule has 1 rings (SSSR count). The van der Waals surface area contributed by atoms with Crippen molar-refractivity contribution in [2.45, 2.75) is 25.8 Å². The largest absolute Gasteiger partial charge is 0.480 e. The normalized spacial score (nSPS) is 29.8. The first kappa shape index (κ1) is 11.7. The molecule has 72 valence electrons. The molecule has 2 atom stereocenters. The van der Waals surface area contributed by atoms with Crippen molar-refractivity contribution in [1.82, 2.24) is 4.90 Å². The van der Waals surface area contributed by atoms with E-state index < -0.39 is 5.97 Å². The highest BCUT2D eigenvalue weighted by Crippen LogP contribution is 2.23. The Morgan fingerprint density at radius 1 is 1.67 bits per heavy atom. The molecule has 3 nitrogen and oxygen atoms in total. The Labute approximate surface area is 79.2 Å². The second-order valence-corrected chi connectivity index (χ2v) is 3.30. The molecule has 1 fully saturated rings. The quantitative estimate of drug-likeness (QED) is 0.717. The van der Waals surface area contributed by atoms with Crippen LogP contribution in [-0.2, 0) is 4.79 Å². The summed E-state index contributed by atoms with van der Waals surface area (Å²) >= 11 is 0. The minimum Gasteiger partial charge on any atom is -0.480 e. The fourth-order valence-corrected chi connectivity index (χ4v) is 1.69. The minimum absolute atomic E-state index is 0. The monoisotopic (exact) mass is 193 g/mol. The van der Waals surface area contributed by atoms with Gasteiger partial charge in [-0.15, -0.1) is 12.4 Å². The van der Waals surface area contributed by atoms with Gasteiger partial charge < -0.3 is 5.11 Å². The van der Waals surface area contributed by atoms with Gasteiger partial charge in [0.15, 0.2) is 0 Å². The molecule has 0 aromatic heterocycles. The molecule has 0 saturated carbocycles. The number of rotatable bonds is 2. The molecule has 0 bridgehead atoms. The molecule has 1 heterocycles. The molecule has 1 aliphatic heterocycles. The molecule has 12 heavy (non-hydrogen) atoms. The maximum Gasteiger partial charge on any atom is 0.320 e. The van der Waals surface area contributed by atoms with Crippen LogP contribution >= 0.6 is 12.4 Å². The van der Waals surface area contributed by atoms with Gasteiger partial charge in [-0.05, 0) is 19.4 Å². The van der Waals surface area contributed by atoms with E-state index in [4.69, 9.17) is 5.11 Å². The van der Waals surface area contributed by atoms with E-state index in [1.54, 1.807) is 0 Å². The zero-order valence-electron chi connectivity index (χ0n) is 7.49. The lowest BCUT2D eigenvalue weighted by molar-refractivity contribution is -0.141. The number of likely N-dealkylation sites (N-methyl/N-ethyl adjacent to an activating group) is 1. The van der Waals surface area contributed by atoms with Crippen molar-refractivity contribution in [1.29, 1.82) is 0 Å². The number of hydrogen-bond acceptors (Lipinski definition) is 2. The predicted octanol–water partition coefficient (Wildman–Crippen LogP) is 1.22. The van der Waals surface area contributed by atoms with Crippen LogP contribution in [0.2, 0.25) is 0 Å². The van der Waals surface area contributed by atoms with E-state index in [1.165, 1.54) is 0 Å². The highest BCUT2D eigenvalue weighted by molar-refractivity contribution is 5.85. The van der Waals surface area contributed by atoms with Gasteiger partial charge in [0.2, 0.25) is 0 Å². The molecule has 0 aromatic rings. The molecule has 0 spiro atoms. The number of likely N-dealkylation sites (tertiary alicyclic amines) is 1. The number of carbonyl (C=O) groups is 1. The molecule has 0 amide bonds. The molecule has 0 aromatic carbocycles. The Morgan fingerprint density at radius 2 is 2.25 bits per heavy atom. The summed E-state index contributed by atoms with van der Waals surface area (Å²) in [5.41, 5.74) is 0. The van der Waals surface area contributed by atoms with Crippen LogP contribution < -0.4 is 0 Å². The van der Waals surface area contributed by atoms with Crippen LogP contribution in [0, 0.1) is 5.92 Å². The SMILES string of the molecule is CCC1CC(C(=O)O)N(C)C1.Cl. The number of aliphatic carboxylic acids is 1. The number of hydrogen-bond donors (Lipinski definition) is 1. The maximum atomic E-state index is 10.6. The number of nitrogens with zero attached hydrogens (tertiary/aromatic N) is 1. The summed E-state index contributed by atoms with van der Waals surface area (Å²) in [6, 6.07) is -0.236. The van der Waals surface area contributed by atoms with Gasteiger partial charge in [0.25, 0.3) is 0 Å². The number of carboxylic acid groups (broad SMARTS) is 1. The van der Waals surface area contributed by atoms with Crippen LogP contribution in [0.5, 0.6) is 0 Å². The lowest BCUT2D eigenvalue weighted by Crippen LogP contribution is -2.32. The summed E-state index contributed by atoms with van der Waals surface area (Å²) in [5, 5.41) is 8.76. The van der Waals surface area contributed by atoms with Crippen LogP contribution in [0.4, 0.5) is 0 Å². The van der Waals surface area contributed by atoms with Crippen molar-refractivity contribution in [2.75, 3.05) is 13.6 Å². The summed E-state index contributed by atoms with van der Waals surface area (Å²) < 4.78 is 0. The van der Waals surface area contributed by atoms with Crippen molar-refractivity contribution < 1.29 is 9.90 Å². The second-order valence-electron chi connectivity index (χ2n) is 3.30. The zero-order valence-corrected chi connectivity index (χ0v) is 8.30. The molecular formula is C8H16ClNO2. The Bertz CT molecular complexity index is 163. The van der Waals surface area contributed by atoms with Crippen LogP contribution in [0.15, 0.2) is 0 Å². The van der Waals surface area contributed by atoms with Crippen LogP contribution in [0.25, 0.3) is 0 Å². The van der Waals surface area contributed by atoms with Gasteiger partial charge >= 0.3 is 5.97 Å². The van der Waals surface area contributed by atoms with Gasteiger partial charge in [-0.25, -0.2) is 0 Å². The van der Waals surface area contributed by atoms with Crippen LogP contribution in [0.3, 0.4) is 0 Å². The summed E-state index contributed by atoms with van der Waals surface area (Å²) in [5.74, 6) is -0.0930. The van der Waals surface area contributed by atoms with Gasteiger partial charge in [-0.2, -0.15) is 0 Å². The Balaban J connectivity index is 0.00000121. The van der Waals surface area contributed by atoms with E-state index in [2.05, 4.69) is 6.92 Å². The highest BCUT2D eigenvalue weighted by Gasteiger charge is 2.32. The lowest BCUT2D eigenvalue weighted by atomic mass is 10.0. The number of carboxylic acids is 1. The molecule has 1 N–H and O–H groups in total. The standard InChI is InChI=1S/C8H15NO2.ClH/c1-3-6-4-7(8(10)11)9(2)5-6;/h6-7H,3-5H2,1-2H3,(H,10,11);1H. The van der Waals surface area contributed by atoms with E-state index in [0.717, 1.165) is 19.4 Å². The maximum absolute atomic E-state index is 10.6. The van der Waals surface area contributed by atoms with E-state index in [-0.39, 0.29) is 18.4 Å².